The molecule has 38 heteroatoms. The summed E-state index contributed by atoms with van der Waals surface area (Å²) in [6.07, 6.45) is 22.2. The molecule has 0 spiro atoms. The van der Waals surface area contributed by atoms with Crippen LogP contribution < -0.4 is 167 Å². The summed E-state index contributed by atoms with van der Waals surface area (Å²) in [6, 6.07) is 5.84. The van der Waals surface area contributed by atoms with Crippen LogP contribution in [-0.4, -0.2) is 163 Å². The second kappa shape index (κ2) is 93.8. The number of carbonyl (C=O) groups excluding carboxylic acids is 8. The maximum absolute atomic E-state index is 12.0. The van der Waals surface area contributed by atoms with Crippen molar-refractivity contribution in [3.8, 4) is 0 Å². The van der Waals surface area contributed by atoms with E-state index in [4.69, 9.17) is 28.4 Å². The third kappa shape index (κ3) is 77.0. The largest absolute Gasteiger partial charge is 3.00 e. The predicted molar refractivity (Wildman–Crippen MR) is 312 cm³/mol. The fourth-order valence-electron chi connectivity index (χ4n) is 6.80. The SMILES string of the molecule is C1CCOC1.C1CCOC1.C1CCOC1.C1CCOC1.C1CCOC1.C1CCOC1.CCCCNC(=O)NC(=O)c1cccc(C(=O)NC(=O)NCCCC)n1.CCCCNC(=O)NC(=O)c1cccc(C(=O)NC(=O)NCCCC)n1.[Cl-].[Cl-].[Cl-].[Cl-].[Cl-].[Cl-].[Cl-].[Cl-].[Cl-].[Cl-].[Fe+2].[Fe+2].[Fe+3].[Fe+3]. The Hall–Kier alpha value is -1.20. The van der Waals surface area contributed by atoms with Crippen LogP contribution in [0.2, 0.25) is 0 Å². The van der Waals surface area contributed by atoms with E-state index in [9.17, 15) is 38.4 Å². The monoisotopic (exact) mass is 1730 g/mol. The molecule has 0 bridgehead atoms. The number of carbonyl (C=O) groups is 8. The molecule has 96 heavy (non-hydrogen) atoms. The summed E-state index contributed by atoms with van der Waals surface area (Å²) >= 11 is 0. The number of hydrogen-bond acceptors (Lipinski definition) is 16. The molecule has 8 rings (SSSR count). The van der Waals surface area contributed by atoms with E-state index in [2.05, 4.69) is 52.5 Å². The van der Waals surface area contributed by atoms with Crippen LogP contribution in [0, 0.1) is 0 Å². The predicted octanol–water partition coefficient (Wildman–Crippen LogP) is -22.1. The first-order valence-corrected chi connectivity index (χ1v) is 29.7. The molecule has 24 nitrogen and oxygen atoms in total. The maximum Gasteiger partial charge on any atom is 3.00 e. The van der Waals surface area contributed by atoms with Gasteiger partial charge in [0.15, 0.2) is 0 Å². The van der Waals surface area contributed by atoms with Gasteiger partial charge >= 0.3 is 92.4 Å². The maximum atomic E-state index is 12.0. The van der Waals surface area contributed by atoms with Gasteiger partial charge in [0.2, 0.25) is 0 Å². The second-order valence-corrected chi connectivity index (χ2v) is 19.0. The third-order valence-electron chi connectivity index (χ3n) is 11.6. The summed E-state index contributed by atoms with van der Waals surface area (Å²) in [5.74, 6) is -2.94. The smallest absolute Gasteiger partial charge is 1.00 e. The van der Waals surface area contributed by atoms with Crippen molar-refractivity contribution in [3.63, 3.8) is 0 Å². The number of hydrogen-bond donors (Lipinski definition) is 8. The van der Waals surface area contributed by atoms with E-state index in [1.54, 1.807) is 0 Å². The van der Waals surface area contributed by atoms with Gasteiger partial charge in [-0.05, 0) is 127 Å². The van der Waals surface area contributed by atoms with Crippen molar-refractivity contribution in [2.24, 2.45) is 0 Å². The van der Waals surface area contributed by atoms with Crippen molar-refractivity contribution in [3.05, 3.63) is 59.2 Å². The molecule has 2 aromatic rings. The molecule has 566 valence electrons. The molecule has 8 N–H and O–H groups in total. The van der Waals surface area contributed by atoms with Gasteiger partial charge in [-0.15, -0.1) is 0 Å². The number of urea groups is 4. The minimum Gasteiger partial charge on any atom is -1.00 e. The second-order valence-electron chi connectivity index (χ2n) is 19.0. The molecule has 2 radical (unpaired) electrons. The van der Waals surface area contributed by atoms with Crippen LogP contribution in [0.3, 0.4) is 0 Å². The molecule has 2 aromatic heterocycles. The number of aromatic nitrogens is 2. The number of pyridine rings is 2. The number of imide groups is 4. The third-order valence-corrected chi connectivity index (χ3v) is 11.6. The Morgan fingerprint density at radius 1 is 0.302 bits per heavy atom. The van der Waals surface area contributed by atoms with Gasteiger partial charge in [0.1, 0.15) is 22.8 Å². The summed E-state index contributed by atoms with van der Waals surface area (Å²) in [6.45, 7) is 21.8. The van der Waals surface area contributed by atoms with Crippen LogP contribution in [0.1, 0.15) is 198 Å². The number of halogens is 10. The summed E-state index contributed by atoms with van der Waals surface area (Å²) in [7, 11) is 0. The Morgan fingerprint density at radius 3 is 0.562 bits per heavy atom. The van der Waals surface area contributed by atoms with Crippen LogP contribution in [-0.2, 0) is 96.7 Å². The Bertz CT molecular complexity index is 1760. The van der Waals surface area contributed by atoms with E-state index in [0.717, 1.165) is 131 Å². The number of unbranched alkanes of at least 4 members (excludes halogenated alkanes) is 4. The summed E-state index contributed by atoms with van der Waals surface area (Å²) in [4.78, 5) is 102. The Labute approximate surface area is 674 Å². The Morgan fingerprint density at radius 2 is 0.448 bits per heavy atom. The fraction of sp³-hybridized carbons (Fsp3) is 0.690. The number of ether oxygens (including phenoxy) is 6. The van der Waals surface area contributed by atoms with Crippen LogP contribution in [0.15, 0.2) is 36.4 Å². The topological polar surface area (TPSA) is 314 Å². The number of nitrogens with one attached hydrogen (secondary N) is 8. The summed E-state index contributed by atoms with van der Waals surface area (Å²) in [5, 5.41) is 18.7. The average Bonchev–Trinajstić information content (AvgIpc) is 1.53. The minimum atomic E-state index is -0.735. The van der Waals surface area contributed by atoms with Crippen LogP contribution in [0.25, 0.3) is 0 Å². The zero-order valence-electron chi connectivity index (χ0n) is 54.7. The molecule has 0 unspecified atom stereocenters. The molecular formula is C58H98Cl10Fe4N10O14. The fourth-order valence-corrected chi connectivity index (χ4v) is 6.80. The summed E-state index contributed by atoms with van der Waals surface area (Å²) < 4.78 is 29.7. The normalized spacial score (nSPS) is 12.9. The first-order chi connectivity index (χ1) is 39.9. The van der Waals surface area contributed by atoms with E-state index < -0.39 is 47.8 Å². The molecule has 8 heterocycles. The number of nitrogens with zero attached hydrogens (tertiary/aromatic N) is 2. The first-order valence-electron chi connectivity index (χ1n) is 29.7. The molecule has 0 aromatic carbocycles. The first kappa shape index (κ1) is 128. The van der Waals surface area contributed by atoms with Crippen molar-refractivity contribution in [2.75, 3.05) is 105 Å². The van der Waals surface area contributed by atoms with Crippen molar-refractivity contribution in [1.29, 1.82) is 0 Å². The van der Waals surface area contributed by atoms with Gasteiger partial charge in [-0.25, -0.2) is 29.1 Å². The number of amides is 12. The van der Waals surface area contributed by atoms with Gasteiger partial charge in [0, 0.05) is 105 Å². The van der Waals surface area contributed by atoms with Crippen molar-refractivity contribution in [2.45, 2.75) is 156 Å². The van der Waals surface area contributed by atoms with Gasteiger partial charge in [0.05, 0.1) is 0 Å². The van der Waals surface area contributed by atoms with E-state index in [0.29, 0.717) is 26.2 Å². The molecule has 0 saturated carbocycles. The van der Waals surface area contributed by atoms with Gasteiger partial charge in [-0.2, -0.15) is 0 Å². The van der Waals surface area contributed by atoms with Gasteiger partial charge in [-0.3, -0.25) is 40.4 Å². The van der Waals surface area contributed by atoms with Crippen molar-refractivity contribution >= 4 is 47.8 Å². The molecule has 6 saturated heterocycles. The van der Waals surface area contributed by atoms with Crippen LogP contribution in [0.4, 0.5) is 19.2 Å². The Balaban J connectivity index is -0.0000000733. The quantitative estimate of drug-likeness (QED) is 0.0572. The zero-order valence-corrected chi connectivity index (χ0v) is 66.7. The van der Waals surface area contributed by atoms with E-state index in [1.165, 1.54) is 113 Å². The molecule has 0 atom stereocenters. The molecule has 6 aliphatic rings. The zero-order chi connectivity index (χ0) is 59.9. The average molecular weight is 1740 g/mol. The van der Waals surface area contributed by atoms with E-state index in [-0.39, 0.29) is 215 Å². The molecular weight excluding hydrogens is 1640 g/mol. The van der Waals surface area contributed by atoms with Crippen LogP contribution >= 0.6 is 0 Å². The summed E-state index contributed by atoms with van der Waals surface area (Å²) in [5.41, 5.74) is -0.409. The minimum absolute atomic E-state index is 0. The van der Waals surface area contributed by atoms with Crippen molar-refractivity contribution < 1.29 is 259 Å². The van der Waals surface area contributed by atoms with Gasteiger partial charge < -0.3 is 174 Å². The van der Waals surface area contributed by atoms with Gasteiger partial charge in [-0.1, -0.05) is 65.5 Å². The Kier molecular flexibility index (Phi) is 125. The van der Waals surface area contributed by atoms with Crippen molar-refractivity contribution in [1.82, 2.24) is 52.5 Å². The standard InChI is InChI=1S/2C17H25N5O4.6C4H8O.10ClH.4Fe/c2*1-3-5-10-18-16(25)21-14(23)12-8-7-9-13(20-12)15(24)22-17(26)19-11-6-4-2;6*1-2-4-5-3-1;;;;;;;;;;;;;;/h2*7-9H,3-6,10-11H2,1-2H3,(H2,18,21,23,25)(H2,19,22,24,26);6*1-4H2;10*1H;;;;/q;;;;;;;;;;;;;;;;;;2*+2;2*+3/p-10. The molecule has 6 aliphatic heterocycles. The molecule has 0 aliphatic carbocycles. The molecule has 12 amide bonds. The number of rotatable bonds is 16. The van der Waals surface area contributed by atoms with E-state index >= 15 is 0 Å². The van der Waals surface area contributed by atoms with Crippen LogP contribution in [0.5, 0.6) is 0 Å². The molecule has 6 fully saturated rings. The van der Waals surface area contributed by atoms with Gasteiger partial charge in [0.25, 0.3) is 23.6 Å². The van der Waals surface area contributed by atoms with E-state index in [1.807, 2.05) is 27.7 Å².